The molecule has 0 spiro atoms. The molecule has 0 saturated heterocycles. The summed E-state index contributed by atoms with van der Waals surface area (Å²) in [7, 11) is 1.90. The molecule has 0 bridgehead atoms. The smallest absolute Gasteiger partial charge is 0.153 e. The van der Waals surface area contributed by atoms with Crippen molar-refractivity contribution in [1.29, 1.82) is 0 Å². The number of rotatable bonds is 4. The molecule has 0 fully saturated rings. The lowest BCUT2D eigenvalue weighted by Crippen LogP contribution is -2.30. The molecule has 4 nitrogen and oxygen atoms in total. The molecule has 1 aromatic rings. The molecule has 0 atom stereocenters. The Kier molecular flexibility index (Phi) is 4.39. The first-order chi connectivity index (χ1) is 7.11. The Labute approximate surface area is 93.9 Å². The van der Waals surface area contributed by atoms with Crippen molar-refractivity contribution in [3.63, 3.8) is 0 Å². The minimum atomic E-state index is 0.200. The van der Waals surface area contributed by atoms with E-state index in [1.807, 2.05) is 36.2 Å². The van der Waals surface area contributed by atoms with Gasteiger partial charge in [-0.2, -0.15) is 0 Å². The van der Waals surface area contributed by atoms with E-state index in [-0.39, 0.29) is 5.84 Å². The Bertz CT molecular complexity index is 337. The van der Waals surface area contributed by atoms with Gasteiger partial charge in [0.05, 0.1) is 6.54 Å². The fourth-order valence-corrected chi connectivity index (χ4v) is 1.39. The summed E-state index contributed by atoms with van der Waals surface area (Å²) in [4.78, 5) is 1.94. The average molecular weight is 228 g/mol. The molecule has 5 heteroatoms. The number of nitrogens with zero attached hydrogens (tertiary/aromatic N) is 2. The Hall–Kier alpha value is -1.26. The SMILES string of the molecule is CN(CC(N)=NO)Cc1ccc(Cl)cc1. The maximum Gasteiger partial charge on any atom is 0.153 e. The molecule has 0 aliphatic carbocycles. The van der Waals surface area contributed by atoms with Gasteiger partial charge >= 0.3 is 0 Å². The van der Waals surface area contributed by atoms with Crippen molar-refractivity contribution in [2.75, 3.05) is 13.6 Å². The van der Waals surface area contributed by atoms with Crippen LogP contribution in [0.2, 0.25) is 5.02 Å². The van der Waals surface area contributed by atoms with Gasteiger partial charge in [0.2, 0.25) is 0 Å². The standard InChI is InChI=1S/C10H14ClN3O/c1-14(7-10(12)13-15)6-8-2-4-9(11)5-3-8/h2-5,15H,6-7H2,1H3,(H2,12,13). The van der Waals surface area contributed by atoms with Gasteiger partial charge in [-0.3, -0.25) is 4.90 Å². The third-order valence-corrected chi connectivity index (χ3v) is 2.18. The van der Waals surface area contributed by atoms with Gasteiger partial charge in [0, 0.05) is 11.6 Å². The van der Waals surface area contributed by atoms with E-state index >= 15 is 0 Å². The highest BCUT2D eigenvalue weighted by Gasteiger charge is 2.02. The lowest BCUT2D eigenvalue weighted by atomic mass is 10.2. The van der Waals surface area contributed by atoms with Gasteiger partial charge in [-0.25, -0.2) is 0 Å². The van der Waals surface area contributed by atoms with Crippen molar-refractivity contribution >= 4 is 17.4 Å². The van der Waals surface area contributed by atoms with Crippen LogP contribution in [0.3, 0.4) is 0 Å². The van der Waals surface area contributed by atoms with Crippen LogP contribution in [0.4, 0.5) is 0 Å². The van der Waals surface area contributed by atoms with Crippen molar-refractivity contribution in [3.05, 3.63) is 34.9 Å². The van der Waals surface area contributed by atoms with Gasteiger partial charge < -0.3 is 10.9 Å². The Morgan fingerprint density at radius 3 is 2.60 bits per heavy atom. The molecule has 0 aliphatic rings. The van der Waals surface area contributed by atoms with Gasteiger partial charge in [0.1, 0.15) is 0 Å². The lowest BCUT2D eigenvalue weighted by Gasteiger charge is -2.15. The van der Waals surface area contributed by atoms with E-state index in [0.29, 0.717) is 6.54 Å². The molecule has 0 heterocycles. The molecule has 0 aromatic heterocycles. The van der Waals surface area contributed by atoms with Crippen LogP contribution in [-0.4, -0.2) is 29.5 Å². The lowest BCUT2D eigenvalue weighted by molar-refractivity contribution is 0.308. The molecule has 0 unspecified atom stereocenters. The molecule has 1 aromatic carbocycles. The number of hydrogen-bond acceptors (Lipinski definition) is 3. The fraction of sp³-hybridized carbons (Fsp3) is 0.300. The molecular weight excluding hydrogens is 214 g/mol. The molecule has 0 amide bonds. The first kappa shape index (κ1) is 11.8. The predicted octanol–water partition coefficient (Wildman–Crippen LogP) is 1.52. The first-order valence-corrected chi connectivity index (χ1v) is 4.89. The van der Waals surface area contributed by atoms with E-state index in [1.165, 1.54) is 0 Å². The fourth-order valence-electron chi connectivity index (χ4n) is 1.27. The van der Waals surface area contributed by atoms with Crippen LogP contribution in [0.15, 0.2) is 29.4 Å². The third kappa shape index (κ3) is 4.18. The molecule has 0 radical (unpaired) electrons. The zero-order valence-electron chi connectivity index (χ0n) is 8.52. The highest BCUT2D eigenvalue weighted by Crippen LogP contribution is 2.10. The molecule has 15 heavy (non-hydrogen) atoms. The van der Waals surface area contributed by atoms with E-state index in [2.05, 4.69) is 5.16 Å². The second-order valence-corrected chi connectivity index (χ2v) is 3.83. The molecule has 0 aliphatic heterocycles. The predicted molar refractivity (Wildman–Crippen MR) is 61.2 cm³/mol. The zero-order chi connectivity index (χ0) is 11.3. The van der Waals surface area contributed by atoms with Gasteiger partial charge in [0.25, 0.3) is 0 Å². The number of oxime groups is 1. The van der Waals surface area contributed by atoms with Crippen molar-refractivity contribution < 1.29 is 5.21 Å². The Balaban J connectivity index is 2.51. The van der Waals surface area contributed by atoms with Gasteiger partial charge in [0.15, 0.2) is 5.84 Å². The third-order valence-electron chi connectivity index (χ3n) is 1.93. The van der Waals surface area contributed by atoms with E-state index in [9.17, 15) is 0 Å². The molecule has 0 saturated carbocycles. The largest absolute Gasteiger partial charge is 0.409 e. The van der Waals surface area contributed by atoms with E-state index in [4.69, 9.17) is 22.5 Å². The van der Waals surface area contributed by atoms with Crippen molar-refractivity contribution in [2.24, 2.45) is 10.9 Å². The van der Waals surface area contributed by atoms with Crippen LogP contribution < -0.4 is 5.73 Å². The van der Waals surface area contributed by atoms with Crippen LogP contribution in [-0.2, 0) is 6.54 Å². The van der Waals surface area contributed by atoms with Crippen molar-refractivity contribution in [1.82, 2.24) is 4.90 Å². The summed E-state index contributed by atoms with van der Waals surface area (Å²) >= 11 is 5.77. The summed E-state index contributed by atoms with van der Waals surface area (Å²) in [5.74, 6) is 0.200. The number of nitrogens with two attached hydrogens (primary N) is 1. The first-order valence-electron chi connectivity index (χ1n) is 4.51. The quantitative estimate of drug-likeness (QED) is 0.355. The highest BCUT2D eigenvalue weighted by molar-refractivity contribution is 6.30. The summed E-state index contributed by atoms with van der Waals surface area (Å²) in [5, 5.41) is 12.0. The number of likely N-dealkylation sites (N-methyl/N-ethyl adjacent to an activating group) is 1. The van der Waals surface area contributed by atoms with Crippen LogP contribution >= 0.6 is 11.6 Å². The molecule has 82 valence electrons. The van der Waals surface area contributed by atoms with E-state index in [1.54, 1.807) is 0 Å². The van der Waals surface area contributed by atoms with Crippen LogP contribution in [0, 0.1) is 0 Å². The van der Waals surface area contributed by atoms with Crippen LogP contribution in [0.5, 0.6) is 0 Å². The zero-order valence-corrected chi connectivity index (χ0v) is 9.28. The number of amidine groups is 1. The van der Waals surface area contributed by atoms with Gasteiger partial charge in [-0.15, -0.1) is 0 Å². The van der Waals surface area contributed by atoms with E-state index < -0.39 is 0 Å². The molecular formula is C10H14ClN3O. The number of halogens is 1. The highest BCUT2D eigenvalue weighted by atomic mass is 35.5. The topological polar surface area (TPSA) is 61.8 Å². The molecule has 1 rings (SSSR count). The minimum absolute atomic E-state index is 0.200. The van der Waals surface area contributed by atoms with Crippen molar-refractivity contribution in [3.8, 4) is 0 Å². The summed E-state index contributed by atoms with van der Waals surface area (Å²) in [6.07, 6.45) is 0. The second kappa shape index (κ2) is 5.58. The van der Waals surface area contributed by atoms with Gasteiger partial charge in [-0.05, 0) is 24.7 Å². The van der Waals surface area contributed by atoms with E-state index in [0.717, 1.165) is 17.1 Å². The Morgan fingerprint density at radius 2 is 2.07 bits per heavy atom. The van der Waals surface area contributed by atoms with Crippen LogP contribution in [0.1, 0.15) is 5.56 Å². The molecule has 3 N–H and O–H groups in total. The monoisotopic (exact) mass is 227 g/mol. The summed E-state index contributed by atoms with van der Waals surface area (Å²) in [6.45, 7) is 1.16. The maximum atomic E-state index is 8.40. The number of benzene rings is 1. The summed E-state index contributed by atoms with van der Waals surface area (Å²) < 4.78 is 0. The average Bonchev–Trinajstić information content (AvgIpc) is 2.21. The second-order valence-electron chi connectivity index (χ2n) is 3.39. The summed E-state index contributed by atoms with van der Waals surface area (Å²) in [5.41, 5.74) is 6.52. The Morgan fingerprint density at radius 1 is 1.47 bits per heavy atom. The number of hydrogen-bond donors (Lipinski definition) is 2. The summed E-state index contributed by atoms with van der Waals surface area (Å²) in [6, 6.07) is 7.58. The normalized spacial score (nSPS) is 12.1. The van der Waals surface area contributed by atoms with Gasteiger partial charge in [-0.1, -0.05) is 28.9 Å². The minimum Gasteiger partial charge on any atom is -0.409 e. The van der Waals surface area contributed by atoms with Crippen molar-refractivity contribution in [2.45, 2.75) is 6.54 Å². The van der Waals surface area contributed by atoms with Crippen LogP contribution in [0.25, 0.3) is 0 Å². The maximum absolute atomic E-state index is 8.40.